The zero-order valence-electron chi connectivity index (χ0n) is 11.1. The number of rotatable bonds is 3. The Balaban J connectivity index is 2.23. The van der Waals surface area contributed by atoms with Gasteiger partial charge in [0.25, 0.3) is 5.91 Å². The van der Waals surface area contributed by atoms with Crippen LogP contribution in [0.4, 0.5) is 5.69 Å². The number of nitrogens with one attached hydrogen (secondary N) is 1. The smallest absolute Gasteiger partial charge is 0.274 e. The molecular formula is C14H15N3OS. The van der Waals surface area contributed by atoms with Crippen molar-refractivity contribution in [2.24, 2.45) is 0 Å². The molecule has 98 valence electrons. The molecule has 1 aromatic carbocycles. The van der Waals surface area contributed by atoms with Gasteiger partial charge in [0.15, 0.2) is 0 Å². The molecule has 0 radical (unpaired) electrons. The van der Waals surface area contributed by atoms with Crippen LogP contribution in [0.5, 0.6) is 0 Å². The molecular weight excluding hydrogens is 258 g/mol. The molecule has 0 aliphatic heterocycles. The van der Waals surface area contributed by atoms with Gasteiger partial charge in [0.2, 0.25) is 0 Å². The fourth-order valence-corrected chi connectivity index (χ4v) is 2.12. The maximum absolute atomic E-state index is 12.2. The summed E-state index contributed by atoms with van der Waals surface area (Å²) in [5.74, 6) is -0.207. The van der Waals surface area contributed by atoms with E-state index in [1.54, 1.807) is 11.8 Å². The lowest BCUT2D eigenvalue weighted by atomic mass is 10.2. The standard InChI is InChI=1S/C14H15N3OS/c1-9-10(2)15-8-16-13(9)14(18)17-11-5-4-6-12(7-11)19-3/h4-8H,1-3H3,(H,17,18). The van der Waals surface area contributed by atoms with E-state index < -0.39 is 0 Å². The second-order valence-electron chi connectivity index (χ2n) is 4.12. The van der Waals surface area contributed by atoms with Crippen molar-refractivity contribution >= 4 is 23.4 Å². The minimum absolute atomic E-state index is 0.207. The molecule has 2 rings (SSSR count). The van der Waals surface area contributed by atoms with Gasteiger partial charge < -0.3 is 5.32 Å². The van der Waals surface area contributed by atoms with Crippen LogP contribution in [0, 0.1) is 13.8 Å². The van der Waals surface area contributed by atoms with E-state index in [2.05, 4.69) is 15.3 Å². The number of nitrogens with zero attached hydrogens (tertiary/aromatic N) is 2. The van der Waals surface area contributed by atoms with Crippen LogP contribution >= 0.6 is 11.8 Å². The van der Waals surface area contributed by atoms with E-state index in [1.807, 2.05) is 44.4 Å². The fraction of sp³-hybridized carbons (Fsp3) is 0.214. The van der Waals surface area contributed by atoms with Gasteiger partial charge >= 0.3 is 0 Å². The van der Waals surface area contributed by atoms with Gasteiger partial charge in [-0.3, -0.25) is 4.79 Å². The molecule has 0 fully saturated rings. The maximum atomic E-state index is 12.2. The summed E-state index contributed by atoms with van der Waals surface area (Å²) in [6.45, 7) is 3.71. The molecule has 0 saturated carbocycles. The molecule has 4 nitrogen and oxygen atoms in total. The average molecular weight is 273 g/mol. The number of carbonyl (C=O) groups excluding carboxylic acids is 1. The highest BCUT2D eigenvalue weighted by molar-refractivity contribution is 7.98. The van der Waals surface area contributed by atoms with Crippen molar-refractivity contribution in [2.75, 3.05) is 11.6 Å². The van der Waals surface area contributed by atoms with Gasteiger partial charge in [0, 0.05) is 21.8 Å². The second-order valence-corrected chi connectivity index (χ2v) is 5.00. The number of thioether (sulfide) groups is 1. The van der Waals surface area contributed by atoms with Crippen molar-refractivity contribution in [1.82, 2.24) is 9.97 Å². The molecule has 1 N–H and O–H groups in total. The first kappa shape index (κ1) is 13.5. The van der Waals surface area contributed by atoms with Crippen LogP contribution in [-0.2, 0) is 0 Å². The third-order valence-corrected chi connectivity index (χ3v) is 3.60. The van der Waals surface area contributed by atoms with Crippen LogP contribution in [0.25, 0.3) is 0 Å². The molecule has 0 unspecified atom stereocenters. The van der Waals surface area contributed by atoms with Crippen LogP contribution in [0.15, 0.2) is 35.5 Å². The van der Waals surface area contributed by atoms with E-state index in [0.29, 0.717) is 5.69 Å². The molecule has 2 aromatic rings. The highest BCUT2D eigenvalue weighted by Gasteiger charge is 2.12. The molecule has 1 amide bonds. The first-order chi connectivity index (χ1) is 9.11. The first-order valence-electron chi connectivity index (χ1n) is 5.85. The summed E-state index contributed by atoms with van der Waals surface area (Å²) in [7, 11) is 0. The Morgan fingerprint density at radius 3 is 2.79 bits per heavy atom. The van der Waals surface area contributed by atoms with Crippen molar-refractivity contribution in [2.45, 2.75) is 18.7 Å². The van der Waals surface area contributed by atoms with Crippen LogP contribution in [0.3, 0.4) is 0 Å². The summed E-state index contributed by atoms with van der Waals surface area (Å²) in [5, 5.41) is 2.86. The van der Waals surface area contributed by atoms with E-state index in [4.69, 9.17) is 0 Å². The Bertz CT molecular complexity index is 613. The molecule has 0 aliphatic carbocycles. The molecule has 19 heavy (non-hydrogen) atoms. The third kappa shape index (κ3) is 3.12. The van der Waals surface area contributed by atoms with E-state index >= 15 is 0 Å². The number of hydrogen-bond acceptors (Lipinski definition) is 4. The van der Waals surface area contributed by atoms with E-state index in [9.17, 15) is 4.79 Å². The predicted octanol–water partition coefficient (Wildman–Crippen LogP) is 3.07. The largest absolute Gasteiger partial charge is 0.321 e. The van der Waals surface area contributed by atoms with Gasteiger partial charge in [0.05, 0.1) is 0 Å². The van der Waals surface area contributed by atoms with Gasteiger partial charge in [-0.15, -0.1) is 11.8 Å². The summed E-state index contributed by atoms with van der Waals surface area (Å²) in [6.07, 6.45) is 3.41. The molecule has 5 heteroatoms. The summed E-state index contributed by atoms with van der Waals surface area (Å²) < 4.78 is 0. The number of aryl methyl sites for hydroxylation is 1. The van der Waals surface area contributed by atoms with Crippen LogP contribution in [0.2, 0.25) is 0 Å². The first-order valence-corrected chi connectivity index (χ1v) is 7.08. The Labute approximate surface area is 116 Å². The second kappa shape index (κ2) is 5.84. The Kier molecular flexibility index (Phi) is 4.16. The summed E-state index contributed by atoms with van der Waals surface area (Å²) in [5.41, 5.74) is 2.81. The average Bonchev–Trinajstić information content (AvgIpc) is 2.42. The number of hydrogen-bond donors (Lipinski definition) is 1. The van der Waals surface area contributed by atoms with E-state index in [1.165, 1.54) is 6.33 Å². The van der Waals surface area contributed by atoms with Gasteiger partial charge in [-0.1, -0.05) is 6.07 Å². The SMILES string of the molecule is CSc1cccc(NC(=O)c2ncnc(C)c2C)c1. The minimum Gasteiger partial charge on any atom is -0.321 e. The van der Waals surface area contributed by atoms with E-state index in [-0.39, 0.29) is 5.91 Å². The Morgan fingerprint density at radius 1 is 1.26 bits per heavy atom. The molecule has 1 heterocycles. The highest BCUT2D eigenvalue weighted by Crippen LogP contribution is 2.19. The summed E-state index contributed by atoms with van der Waals surface area (Å²) in [4.78, 5) is 21.4. The van der Waals surface area contributed by atoms with Gasteiger partial charge in [0.1, 0.15) is 12.0 Å². The Morgan fingerprint density at radius 2 is 2.05 bits per heavy atom. The van der Waals surface area contributed by atoms with Crippen LogP contribution in [-0.4, -0.2) is 22.1 Å². The van der Waals surface area contributed by atoms with Gasteiger partial charge in [-0.2, -0.15) is 0 Å². The molecule has 1 aromatic heterocycles. The highest BCUT2D eigenvalue weighted by atomic mass is 32.2. The number of aromatic nitrogens is 2. The molecule has 0 atom stereocenters. The topological polar surface area (TPSA) is 54.9 Å². The fourth-order valence-electron chi connectivity index (χ4n) is 1.66. The van der Waals surface area contributed by atoms with Gasteiger partial charge in [-0.05, 0) is 38.3 Å². The number of amides is 1. The monoisotopic (exact) mass is 273 g/mol. The third-order valence-electron chi connectivity index (χ3n) is 2.88. The lowest BCUT2D eigenvalue weighted by Crippen LogP contribution is -2.16. The van der Waals surface area contributed by atoms with Crippen LogP contribution < -0.4 is 5.32 Å². The van der Waals surface area contributed by atoms with Crippen LogP contribution in [0.1, 0.15) is 21.7 Å². The van der Waals surface area contributed by atoms with Crippen molar-refractivity contribution < 1.29 is 4.79 Å². The molecule has 0 saturated heterocycles. The quantitative estimate of drug-likeness (QED) is 0.873. The number of carbonyl (C=O) groups is 1. The normalized spacial score (nSPS) is 10.3. The minimum atomic E-state index is -0.207. The van der Waals surface area contributed by atoms with Crippen molar-refractivity contribution in [3.05, 3.63) is 47.5 Å². The van der Waals surface area contributed by atoms with Crippen molar-refractivity contribution in [3.63, 3.8) is 0 Å². The molecule has 0 aliphatic rings. The number of benzene rings is 1. The zero-order valence-corrected chi connectivity index (χ0v) is 11.9. The number of anilines is 1. The lowest BCUT2D eigenvalue weighted by molar-refractivity contribution is 0.102. The molecule has 0 spiro atoms. The van der Waals surface area contributed by atoms with Crippen molar-refractivity contribution in [1.29, 1.82) is 0 Å². The van der Waals surface area contributed by atoms with E-state index in [0.717, 1.165) is 21.8 Å². The zero-order chi connectivity index (χ0) is 13.8. The maximum Gasteiger partial charge on any atom is 0.274 e. The summed E-state index contributed by atoms with van der Waals surface area (Å²) >= 11 is 1.63. The summed E-state index contributed by atoms with van der Waals surface area (Å²) in [6, 6.07) is 7.72. The lowest BCUT2D eigenvalue weighted by Gasteiger charge is -2.08. The van der Waals surface area contributed by atoms with Crippen molar-refractivity contribution in [3.8, 4) is 0 Å². The van der Waals surface area contributed by atoms with Gasteiger partial charge in [-0.25, -0.2) is 9.97 Å². The predicted molar refractivity (Wildman–Crippen MR) is 77.7 cm³/mol. The Hall–Kier alpha value is -1.88. The molecule has 0 bridgehead atoms.